The van der Waals surface area contributed by atoms with Crippen molar-refractivity contribution in [1.29, 1.82) is 0 Å². The maximum atomic E-state index is 12.6. The van der Waals surface area contributed by atoms with Crippen molar-refractivity contribution < 1.29 is 13.2 Å². The quantitative estimate of drug-likeness (QED) is 0.773. The molecular weight excluding hydrogens is 337 g/mol. The molecule has 138 valence electrons. The number of alkyl halides is 3. The van der Waals surface area contributed by atoms with Gasteiger partial charge in [-0.1, -0.05) is 54.6 Å². The van der Waals surface area contributed by atoms with Gasteiger partial charge in [0.2, 0.25) is 0 Å². The fraction of sp³-hybridized carbons (Fsp3) is 0.333. The molecule has 26 heavy (non-hydrogen) atoms. The normalized spacial score (nSPS) is 17.0. The first-order chi connectivity index (χ1) is 12.5. The van der Waals surface area contributed by atoms with E-state index in [1.54, 1.807) is 12.1 Å². The predicted octanol–water partition coefficient (Wildman–Crippen LogP) is 4.54. The van der Waals surface area contributed by atoms with Crippen LogP contribution in [-0.2, 0) is 12.7 Å². The number of hydrogen-bond donors (Lipinski definition) is 0. The third-order valence-electron chi connectivity index (χ3n) is 4.63. The lowest BCUT2D eigenvalue weighted by atomic mass is 10.1. The van der Waals surface area contributed by atoms with Gasteiger partial charge >= 0.3 is 6.18 Å². The highest BCUT2D eigenvalue weighted by Crippen LogP contribution is 2.29. The minimum atomic E-state index is -4.27. The van der Waals surface area contributed by atoms with Gasteiger partial charge in [-0.05, 0) is 23.3 Å². The molecule has 0 amide bonds. The molecule has 5 heteroatoms. The number of nitrogens with zero attached hydrogens (tertiary/aromatic N) is 2. The highest BCUT2D eigenvalue weighted by atomic mass is 19.4. The monoisotopic (exact) mass is 360 g/mol. The summed E-state index contributed by atoms with van der Waals surface area (Å²) in [4.78, 5) is 4.68. The zero-order valence-electron chi connectivity index (χ0n) is 14.6. The first-order valence-electron chi connectivity index (χ1n) is 8.83. The standard InChI is InChI=1S/C21H23F3N2/c22-21(23,24)20-10-8-19(9-11-20)17-26-15-13-25(14-16-26)12-4-7-18-5-2-1-3-6-18/h1-11H,12-17H2. The van der Waals surface area contributed by atoms with E-state index in [-0.39, 0.29) is 0 Å². The van der Waals surface area contributed by atoms with Crippen LogP contribution in [0.3, 0.4) is 0 Å². The Morgan fingerprint density at radius 3 is 2.04 bits per heavy atom. The molecule has 1 saturated heterocycles. The molecule has 3 rings (SSSR count). The summed E-state index contributed by atoms with van der Waals surface area (Å²) in [6, 6.07) is 15.7. The summed E-state index contributed by atoms with van der Waals surface area (Å²) in [5.74, 6) is 0. The van der Waals surface area contributed by atoms with Gasteiger partial charge in [0, 0.05) is 39.3 Å². The van der Waals surface area contributed by atoms with Crippen LogP contribution >= 0.6 is 0 Å². The zero-order chi connectivity index (χ0) is 18.4. The molecule has 0 atom stereocenters. The van der Waals surface area contributed by atoms with Crippen LogP contribution < -0.4 is 0 Å². The van der Waals surface area contributed by atoms with Crippen molar-refractivity contribution in [1.82, 2.24) is 9.80 Å². The number of piperazine rings is 1. The minimum Gasteiger partial charge on any atom is -0.297 e. The second kappa shape index (κ2) is 8.52. The molecule has 0 radical (unpaired) electrons. The molecule has 0 spiro atoms. The van der Waals surface area contributed by atoms with Gasteiger partial charge in [0.25, 0.3) is 0 Å². The van der Waals surface area contributed by atoms with Gasteiger partial charge in [-0.25, -0.2) is 0 Å². The van der Waals surface area contributed by atoms with Crippen molar-refractivity contribution in [3.8, 4) is 0 Å². The fourth-order valence-corrected chi connectivity index (χ4v) is 3.09. The maximum Gasteiger partial charge on any atom is 0.416 e. The largest absolute Gasteiger partial charge is 0.416 e. The summed E-state index contributed by atoms with van der Waals surface area (Å²) in [6.07, 6.45) is 0.0485. The second-order valence-electron chi connectivity index (χ2n) is 6.58. The van der Waals surface area contributed by atoms with Crippen LogP contribution in [0.5, 0.6) is 0 Å². The van der Waals surface area contributed by atoms with Crippen LogP contribution in [0.15, 0.2) is 60.7 Å². The van der Waals surface area contributed by atoms with Crippen molar-refractivity contribution in [2.45, 2.75) is 12.7 Å². The first kappa shape index (κ1) is 18.7. The van der Waals surface area contributed by atoms with Crippen molar-refractivity contribution in [2.24, 2.45) is 0 Å². The molecule has 0 N–H and O–H groups in total. The van der Waals surface area contributed by atoms with Gasteiger partial charge in [0.1, 0.15) is 0 Å². The Hall–Kier alpha value is -2.11. The van der Waals surface area contributed by atoms with Crippen molar-refractivity contribution >= 4 is 6.08 Å². The Labute approximate surface area is 152 Å². The molecule has 0 bridgehead atoms. The van der Waals surface area contributed by atoms with Gasteiger partial charge in [0.05, 0.1) is 5.56 Å². The maximum absolute atomic E-state index is 12.6. The van der Waals surface area contributed by atoms with Gasteiger partial charge in [-0.15, -0.1) is 0 Å². The number of hydrogen-bond acceptors (Lipinski definition) is 2. The van der Waals surface area contributed by atoms with Gasteiger partial charge in [-0.3, -0.25) is 9.80 Å². The number of benzene rings is 2. The molecule has 0 aromatic heterocycles. The third kappa shape index (κ3) is 5.44. The Balaban J connectivity index is 1.43. The van der Waals surface area contributed by atoms with E-state index in [2.05, 4.69) is 34.1 Å². The average molecular weight is 360 g/mol. The summed E-state index contributed by atoms with van der Waals surface area (Å²) in [5, 5.41) is 0. The van der Waals surface area contributed by atoms with E-state index in [0.29, 0.717) is 6.54 Å². The summed E-state index contributed by atoms with van der Waals surface area (Å²) < 4.78 is 37.8. The molecule has 2 aromatic carbocycles. The molecule has 0 unspecified atom stereocenters. The van der Waals surface area contributed by atoms with E-state index >= 15 is 0 Å². The lowest BCUT2D eigenvalue weighted by Gasteiger charge is -2.34. The van der Waals surface area contributed by atoms with E-state index in [0.717, 1.165) is 38.3 Å². The Kier molecular flexibility index (Phi) is 6.12. The first-order valence-corrected chi connectivity index (χ1v) is 8.83. The molecule has 2 aromatic rings. The fourth-order valence-electron chi connectivity index (χ4n) is 3.09. The lowest BCUT2D eigenvalue weighted by Crippen LogP contribution is -2.45. The molecule has 1 heterocycles. The molecule has 1 aliphatic rings. The molecule has 1 aliphatic heterocycles. The van der Waals surface area contributed by atoms with Gasteiger partial charge < -0.3 is 0 Å². The highest BCUT2D eigenvalue weighted by molar-refractivity contribution is 5.48. The van der Waals surface area contributed by atoms with Crippen LogP contribution in [-0.4, -0.2) is 42.5 Å². The molecule has 0 saturated carbocycles. The molecule has 1 fully saturated rings. The third-order valence-corrected chi connectivity index (χ3v) is 4.63. The van der Waals surface area contributed by atoms with Gasteiger partial charge in [0.15, 0.2) is 0 Å². The Morgan fingerprint density at radius 2 is 1.42 bits per heavy atom. The van der Waals surface area contributed by atoms with E-state index < -0.39 is 11.7 Å². The zero-order valence-corrected chi connectivity index (χ0v) is 14.6. The van der Waals surface area contributed by atoms with E-state index in [1.165, 1.54) is 17.7 Å². The van der Waals surface area contributed by atoms with Crippen LogP contribution in [0.2, 0.25) is 0 Å². The Morgan fingerprint density at radius 1 is 0.808 bits per heavy atom. The SMILES string of the molecule is FC(F)(F)c1ccc(CN2CCN(CC=Cc3ccccc3)CC2)cc1. The molecular formula is C21H23F3N2. The summed E-state index contributed by atoms with van der Waals surface area (Å²) in [7, 11) is 0. The topological polar surface area (TPSA) is 6.48 Å². The number of halogens is 3. The second-order valence-corrected chi connectivity index (χ2v) is 6.58. The van der Waals surface area contributed by atoms with E-state index in [4.69, 9.17) is 0 Å². The van der Waals surface area contributed by atoms with Crippen molar-refractivity contribution in [3.63, 3.8) is 0 Å². The summed E-state index contributed by atoms with van der Waals surface area (Å²) >= 11 is 0. The van der Waals surface area contributed by atoms with E-state index in [1.807, 2.05) is 18.2 Å². The van der Waals surface area contributed by atoms with Gasteiger partial charge in [-0.2, -0.15) is 13.2 Å². The van der Waals surface area contributed by atoms with Crippen LogP contribution in [0.4, 0.5) is 13.2 Å². The highest BCUT2D eigenvalue weighted by Gasteiger charge is 2.30. The van der Waals surface area contributed by atoms with Crippen LogP contribution in [0.1, 0.15) is 16.7 Å². The lowest BCUT2D eigenvalue weighted by molar-refractivity contribution is -0.137. The average Bonchev–Trinajstić information content (AvgIpc) is 2.64. The minimum absolute atomic E-state index is 0.587. The van der Waals surface area contributed by atoms with Crippen molar-refractivity contribution in [2.75, 3.05) is 32.7 Å². The predicted molar refractivity (Wildman–Crippen MR) is 98.6 cm³/mol. The van der Waals surface area contributed by atoms with Crippen LogP contribution in [0, 0.1) is 0 Å². The Bertz CT molecular complexity index is 700. The molecule has 2 nitrogen and oxygen atoms in total. The summed E-state index contributed by atoms with van der Waals surface area (Å²) in [6.45, 7) is 5.43. The van der Waals surface area contributed by atoms with Crippen LogP contribution in [0.25, 0.3) is 6.08 Å². The molecule has 0 aliphatic carbocycles. The number of rotatable bonds is 5. The van der Waals surface area contributed by atoms with E-state index in [9.17, 15) is 13.2 Å². The smallest absolute Gasteiger partial charge is 0.297 e. The van der Waals surface area contributed by atoms with Crippen molar-refractivity contribution in [3.05, 3.63) is 77.4 Å². The summed E-state index contributed by atoms with van der Waals surface area (Å²) in [5.41, 5.74) is 1.54.